The average molecular weight is 282 g/mol. The summed E-state index contributed by atoms with van der Waals surface area (Å²) in [7, 11) is 0. The standard InChI is InChI=1S/C13H9ClFNO3/c14-11-6-10(7-12(13(11)15)16(17)18)19-8-9-4-2-1-3-5-9/h1-7H,8H2. The van der Waals surface area contributed by atoms with Crippen LogP contribution >= 0.6 is 11.6 Å². The molecule has 0 N–H and O–H groups in total. The first-order valence-electron chi connectivity index (χ1n) is 5.38. The third kappa shape index (κ3) is 3.20. The highest BCUT2D eigenvalue weighted by Crippen LogP contribution is 2.30. The minimum absolute atomic E-state index is 0.155. The second kappa shape index (κ2) is 5.67. The molecule has 0 bridgehead atoms. The summed E-state index contributed by atoms with van der Waals surface area (Å²) in [5.74, 6) is -0.902. The first-order chi connectivity index (χ1) is 9.08. The van der Waals surface area contributed by atoms with E-state index in [1.54, 1.807) is 0 Å². The Morgan fingerprint density at radius 1 is 1.26 bits per heavy atom. The molecule has 0 aliphatic carbocycles. The molecule has 19 heavy (non-hydrogen) atoms. The molecule has 2 rings (SSSR count). The topological polar surface area (TPSA) is 52.4 Å². The number of hydrogen-bond acceptors (Lipinski definition) is 3. The summed E-state index contributed by atoms with van der Waals surface area (Å²) < 4.78 is 18.7. The van der Waals surface area contributed by atoms with Gasteiger partial charge in [-0.25, -0.2) is 0 Å². The monoisotopic (exact) mass is 281 g/mol. The molecule has 6 heteroatoms. The predicted molar refractivity (Wildman–Crippen MR) is 68.8 cm³/mol. The van der Waals surface area contributed by atoms with Gasteiger partial charge in [0.15, 0.2) is 0 Å². The zero-order valence-electron chi connectivity index (χ0n) is 9.68. The smallest absolute Gasteiger partial charge is 0.310 e. The molecule has 4 nitrogen and oxygen atoms in total. The van der Waals surface area contributed by atoms with Gasteiger partial charge in [0.1, 0.15) is 12.4 Å². The molecule has 0 spiro atoms. The highest BCUT2D eigenvalue weighted by Gasteiger charge is 2.19. The van der Waals surface area contributed by atoms with Gasteiger partial charge in [-0.15, -0.1) is 0 Å². The molecular formula is C13H9ClFNO3. The third-order valence-electron chi connectivity index (χ3n) is 2.43. The second-order valence-corrected chi connectivity index (χ2v) is 4.18. The van der Waals surface area contributed by atoms with Gasteiger partial charge in [-0.2, -0.15) is 4.39 Å². The molecule has 2 aromatic rings. The fraction of sp³-hybridized carbons (Fsp3) is 0.0769. The van der Waals surface area contributed by atoms with E-state index in [2.05, 4.69) is 0 Å². The molecule has 2 aromatic carbocycles. The molecule has 0 unspecified atom stereocenters. The Morgan fingerprint density at radius 2 is 1.95 bits per heavy atom. The maximum Gasteiger partial charge on any atom is 0.310 e. The van der Waals surface area contributed by atoms with E-state index in [1.165, 1.54) is 6.07 Å². The molecular weight excluding hydrogens is 273 g/mol. The van der Waals surface area contributed by atoms with Gasteiger partial charge in [0.2, 0.25) is 5.82 Å². The van der Waals surface area contributed by atoms with E-state index in [0.717, 1.165) is 11.6 Å². The van der Waals surface area contributed by atoms with Gasteiger partial charge in [0.25, 0.3) is 0 Å². The molecule has 0 heterocycles. The van der Waals surface area contributed by atoms with Crippen LogP contribution in [0.4, 0.5) is 10.1 Å². The van der Waals surface area contributed by atoms with E-state index < -0.39 is 16.4 Å². The Bertz CT molecular complexity index is 604. The highest BCUT2D eigenvalue weighted by molar-refractivity contribution is 6.31. The minimum atomic E-state index is -1.06. The summed E-state index contributed by atoms with van der Waals surface area (Å²) in [6, 6.07) is 11.5. The van der Waals surface area contributed by atoms with Crippen LogP contribution < -0.4 is 4.74 Å². The zero-order chi connectivity index (χ0) is 13.8. The third-order valence-corrected chi connectivity index (χ3v) is 2.70. The first-order valence-corrected chi connectivity index (χ1v) is 5.76. The van der Waals surface area contributed by atoms with Gasteiger partial charge in [-0.05, 0) is 5.56 Å². The lowest BCUT2D eigenvalue weighted by Gasteiger charge is -2.07. The fourth-order valence-corrected chi connectivity index (χ4v) is 1.71. The van der Waals surface area contributed by atoms with Crippen LogP contribution in [0.2, 0.25) is 5.02 Å². The van der Waals surface area contributed by atoms with Crippen molar-refractivity contribution in [2.75, 3.05) is 0 Å². The normalized spacial score (nSPS) is 10.2. The van der Waals surface area contributed by atoms with Crippen LogP contribution in [-0.4, -0.2) is 4.92 Å². The number of nitrogens with zero attached hydrogens (tertiary/aromatic N) is 1. The van der Waals surface area contributed by atoms with Crippen molar-refractivity contribution in [1.29, 1.82) is 0 Å². The van der Waals surface area contributed by atoms with Crippen molar-refractivity contribution in [2.24, 2.45) is 0 Å². The Morgan fingerprint density at radius 3 is 2.58 bits per heavy atom. The van der Waals surface area contributed by atoms with Gasteiger partial charge in [0, 0.05) is 6.07 Å². The maximum atomic E-state index is 13.4. The number of halogens is 2. The highest BCUT2D eigenvalue weighted by atomic mass is 35.5. The number of rotatable bonds is 4. The summed E-state index contributed by atoms with van der Waals surface area (Å²) in [5.41, 5.74) is 0.196. The summed E-state index contributed by atoms with van der Waals surface area (Å²) >= 11 is 5.59. The molecule has 0 atom stereocenters. The van der Waals surface area contributed by atoms with Gasteiger partial charge >= 0.3 is 5.69 Å². The van der Waals surface area contributed by atoms with E-state index in [0.29, 0.717) is 0 Å². The van der Waals surface area contributed by atoms with Crippen molar-refractivity contribution in [3.63, 3.8) is 0 Å². The second-order valence-electron chi connectivity index (χ2n) is 3.77. The van der Waals surface area contributed by atoms with Crippen LogP contribution in [0.15, 0.2) is 42.5 Å². The summed E-state index contributed by atoms with van der Waals surface area (Å²) in [5, 5.41) is 10.3. The molecule has 0 saturated carbocycles. The van der Waals surface area contributed by atoms with Crippen molar-refractivity contribution in [3.05, 3.63) is 69.0 Å². The molecule has 0 fully saturated rings. The zero-order valence-corrected chi connectivity index (χ0v) is 10.4. The van der Waals surface area contributed by atoms with Crippen LogP contribution in [0.5, 0.6) is 5.75 Å². The van der Waals surface area contributed by atoms with Gasteiger partial charge in [-0.1, -0.05) is 41.9 Å². The van der Waals surface area contributed by atoms with E-state index in [1.807, 2.05) is 30.3 Å². The quantitative estimate of drug-likeness (QED) is 0.629. The number of benzene rings is 2. The van der Waals surface area contributed by atoms with Gasteiger partial charge in [-0.3, -0.25) is 10.1 Å². The maximum absolute atomic E-state index is 13.4. The van der Waals surface area contributed by atoms with Crippen LogP contribution in [0.3, 0.4) is 0 Å². The molecule has 0 aliphatic rings. The largest absolute Gasteiger partial charge is 0.489 e. The van der Waals surface area contributed by atoms with Crippen LogP contribution in [-0.2, 0) is 6.61 Å². The van der Waals surface area contributed by atoms with E-state index in [9.17, 15) is 14.5 Å². The lowest BCUT2D eigenvalue weighted by molar-refractivity contribution is -0.387. The average Bonchev–Trinajstić information content (AvgIpc) is 2.41. The van der Waals surface area contributed by atoms with Crippen LogP contribution in [0.25, 0.3) is 0 Å². The molecule has 0 saturated heterocycles. The van der Waals surface area contributed by atoms with Gasteiger partial charge < -0.3 is 4.74 Å². The number of hydrogen-bond donors (Lipinski definition) is 0. The van der Waals surface area contributed by atoms with Crippen molar-refractivity contribution in [3.8, 4) is 5.75 Å². The Balaban J connectivity index is 2.19. The molecule has 0 aromatic heterocycles. The fourth-order valence-electron chi connectivity index (χ4n) is 1.51. The molecule has 98 valence electrons. The molecule has 0 amide bonds. The van der Waals surface area contributed by atoms with Crippen molar-refractivity contribution >= 4 is 17.3 Å². The van der Waals surface area contributed by atoms with Crippen LogP contribution in [0, 0.1) is 15.9 Å². The Hall–Kier alpha value is -2.14. The summed E-state index contributed by atoms with van der Waals surface area (Å²) in [4.78, 5) is 9.82. The number of nitro groups is 1. The lowest BCUT2D eigenvalue weighted by atomic mass is 10.2. The molecule has 0 radical (unpaired) electrons. The van der Waals surface area contributed by atoms with Crippen LogP contribution in [0.1, 0.15) is 5.56 Å². The van der Waals surface area contributed by atoms with Crippen molar-refractivity contribution in [1.82, 2.24) is 0 Å². The Labute approximate surface area is 113 Å². The van der Waals surface area contributed by atoms with E-state index >= 15 is 0 Å². The molecule has 0 aliphatic heterocycles. The first kappa shape index (κ1) is 13.3. The van der Waals surface area contributed by atoms with Crippen molar-refractivity contribution < 1.29 is 14.1 Å². The van der Waals surface area contributed by atoms with Crippen molar-refractivity contribution in [2.45, 2.75) is 6.61 Å². The van der Waals surface area contributed by atoms with Gasteiger partial charge in [0.05, 0.1) is 16.0 Å². The summed E-state index contributed by atoms with van der Waals surface area (Å²) in [6.45, 7) is 0.222. The SMILES string of the molecule is O=[N+]([O-])c1cc(OCc2ccccc2)cc(Cl)c1F. The van der Waals surface area contributed by atoms with E-state index in [4.69, 9.17) is 16.3 Å². The minimum Gasteiger partial charge on any atom is -0.489 e. The van der Waals surface area contributed by atoms with E-state index in [-0.39, 0.29) is 17.4 Å². The number of nitro benzene ring substituents is 1. The Kier molecular flexibility index (Phi) is 3.97. The summed E-state index contributed by atoms with van der Waals surface area (Å²) in [6.07, 6.45) is 0. The lowest BCUT2D eigenvalue weighted by Crippen LogP contribution is -1.98. The number of ether oxygens (including phenoxy) is 1. The predicted octanol–water partition coefficient (Wildman–Crippen LogP) is 3.97.